The van der Waals surface area contributed by atoms with Crippen molar-refractivity contribution >= 4 is 46.3 Å². The maximum absolute atomic E-state index is 13.2. The molecule has 31 heavy (non-hydrogen) atoms. The third-order valence-corrected chi connectivity index (χ3v) is 6.54. The van der Waals surface area contributed by atoms with Crippen molar-refractivity contribution in [2.45, 2.75) is 31.8 Å². The van der Waals surface area contributed by atoms with Crippen LogP contribution < -0.4 is 16.6 Å². The summed E-state index contributed by atoms with van der Waals surface area (Å²) in [5.74, 6) is -0.771. The summed E-state index contributed by atoms with van der Waals surface area (Å²) in [6.07, 6.45) is 1.77. The third-order valence-electron chi connectivity index (χ3n) is 5.80. The topological polar surface area (TPSA) is 111 Å². The molecule has 164 valence electrons. The number of imidazole rings is 1. The molecular formula is C20H21Cl2N5O4. The van der Waals surface area contributed by atoms with Gasteiger partial charge in [-0.3, -0.25) is 18.7 Å². The van der Waals surface area contributed by atoms with E-state index in [-0.39, 0.29) is 29.7 Å². The molecule has 1 aromatic carbocycles. The van der Waals surface area contributed by atoms with E-state index in [4.69, 9.17) is 23.2 Å². The number of aliphatic carboxylic acids is 1. The van der Waals surface area contributed by atoms with Gasteiger partial charge in [-0.25, -0.2) is 4.79 Å². The Morgan fingerprint density at radius 1 is 1.19 bits per heavy atom. The first-order valence-corrected chi connectivity index (χ1v) is 10.5. The van der Waals surface area contributed by atoms with Gasteiger partial charge in [0.25, 0.3) is 5.56 Å². The largest absolute Gasteiger partial charge is 0.481 e. The van der Waals surface area contributed by atoms with Crippen LogP contribution in [0.25, 0.3) is 11.2 Å². The van der Waals surface area contributed by atoms with Crippen molar-refractivity contribution in [3.8, 4) is 0 Å². The molecule has 0 bridgehead atoms. The smallest absolute Gasteiger partial charge is 0.332 e. The molecule has 0 radical (unpaired) electrons. The number of hydrogen-bond donors (Lipinski definition) is 2. The van der Waals surface area contributed by atoms with E-state index in [1.165, 1.54) is 4.57 Å². The van der Waals surface area contributed by atoms with Gasteiger partial charge >= 0.3 is 11.7 Å². The van der Waals surface area contributed by atoms with E-state index in [1.54, 1.807) is 36.9 Å². The number of nitrogens with one attached hydrogen (secondary N) is 1. The van der Waals surface area contributed by atoms with Gasteiger partial charge in [-0.05, 0) is 37.0 Å². The van der Waals surface area contributed by atoms with E-state index in [9.17, 15) is 19.5 Å². The second-order valence-corrected chi connectivity index (χ2v) is 8.65. The van der Waals surface area contributed by atoms with Crippen LogP contribution in [-0.2, 0) is 25.4 Å². The van der Waals surface area contributed by atoms with Gasteiger partial charge in [-0.15, -0.1) is 0 Å². The van der Waals surface area contributed by atoms with E-state index in [1.807, 2.05) is 0 Å². The molecule has 1 saturated carbocycles. The maximum Gasteiger partial charge on any atom is 0.332 e. The van der Waals surface area contributed by atoms with Crippen LogP contribution in [0, 0.1) is 5.92 Å². The molecule has 0 amide bonds. The Balaban J connectivity index is 1.73. The molecule has 1 aliphatic rings. The minimum Gasteiger partial charge on any atom is -0.481 e. The minimum atomic E-state index is -0.804. The van der Waals surface area contributed by atoms with Crippen molar-refractivity contribution in [3.63, 3.8) is 0 Å². The number of carboxylic acid groups (broad SMARTS) is 1. The lowest BCUT2D eigenvalue weighted by Gasteiger charge is -2.13. The Kier molecular flexibility index (Phi) is 5.57. The standard InChI is InChI=1S/C20H21Cl2N5O4/c1-25-15-16(24-19(25)23-12-5-4-11(8-12)18(29)30)26(2)20(31)27(17(15)28)9-10-3-6-13(21)14(22)7-10/h3,6-7,11-12H,4-5,8-9H2,1-2H3,(H,23,24)(H,29,30). The molecule has 2 atom stereocenters. The molecule has 11 heteroatoms. The SMILES string of the molecule is Cn1c(NC2CCC(C(=O)O)C2)nc2c1c(=O)n(Cc1ccc(Cl)c(Cl)c1)c(=O)n2C. The van der Waals surface area contributed by atoms with Crippen molar-refractivity contribution in [1.82, 2.24) is 18.7 Å². The third kappa shape index (κ3) is 3.83. The number of fused-ring (bicyclic) bond motifs is 1. The summed E-state index contributed by atoms with van der Waals surface area (Å²) >= 11 is 12.0. The second-order valence-electron chi connectivity index (χ2n) is 7.84. The molecule has 9 nitrogen and oxygen atoms in total. The molecule has 4 rings (SSSR count). The lowest BCUT2D eigenvalue weighted by atomic mass is 10.1. The Hall–Kier alpha value is -2.78. The van der Waals surface area contributed by atoms with Crippen LogP contribution in [0.15, 0.2) is 27.8 Å². The number of aryl methyl sites for hydroxylation is 2. The van der Waals surface area contributed by atoms with Gasteiger partial charge in [0, 0.05) is 20.1 Å². The number of anilines is 1. The highest BCUT2D eigenvalue weighted by molar-refractivity contribution is 6.42. The predicted octanol–water partition coefficient (Wildman–Crippen LogP) is 2.45. The zero-order valence-electron chi connectivity index (χ0n) is 16.9. The van der Waals surface area contributed by atoms with Gasteiger partial charge < -0.3 is 15.0 Å². The summed E-state index contributed by atoms with van der Waals surface area (Å²) in [7, 11) is 3.25. The highest BCUT2D eigenvalue weighted by Gasteiger charge is 2.30. The average Bonchev–Trinajstić information content (AvgIpc) is 3.32. The van der Waals surface area contributed by atoms with Gasteiger partial charge in [-0.2, -0.15) is 4.98 Å². The molecular weight excluding hydrogens is 445 g/mol. The highest BCUT2D eigenvalue weighted by atomic mass is 35.5. The fourth-order valence-corrected chi connectivity index (χ4v) is 4.37. The quantitative estimate of drug-likeness (QED) is 0.598. The van der Waals surface area contributed by atoms with Crippen LogP contribution in [0.2, 0.25) is 10.0 Å². The number of aromatic nitrogens is 4. The zero-order chi connectivity index (χ0) is 22.4. The van der Waals surface area contributed by atoms with E-state index in [2.05, 4.69) is 10.3 Å². The molecule has 0 spiro atoms. The van der Waals surface area contributed by atoms with Crippen LogP contribution in [0.3, 0.4) is 0 Å². The first-order chi connectivity index (χ1) is 14.7. The van der Waals surface area contributed by atoms with Crippen LogP contribution in [0.1, 0.15) is 24.8 Å². The number of halogens is 2. The molecule has 0 aliphatic heterocycles. The summed E-state index contributed by atoms with van der Waals surface area (Å²) in [4.78, 5) is 41.7. The van der Waals surface area contributed by atoms with Crippen LogP contribution >= 0.6 is 23.2 Å². The molecule has 2 N–H and O–H groups in total. The van der Waals surface area contributed by atoms with Crippen molar-refractivity contribution in [1.29, 1.82) is 0 Å². The molecule has 2 aromatic heterocycles. The van der Waals surface area contributed by atoms with Crippen molar-refractivity contribution in [3.05, 3.63) is 54.6 Å². The molecule has 0 saturated heterocycles. The number of carbonyl (C=O) groups is 1. The normalized spacial score (nSPS) is 18.6. The summed E-state index contributed by atoms with van der Waals surface area (Å²) in [6, 6.07) is 4.88. The van der Waals surface area contributed by atoms with Crippen LogP contribution in [-0.4, -0.2) is 35.8 Å². The maximum atomic E-state index is 13.2. The Morgan fingerprint density at radius 2 is 1.94 bits per heavy atom. The second kappa shape index (κ2) is 8.05. The number of nitrogens with zero attached hydrogens (tertiary/aromatic N) is 4. The van der Waals surface area contributed by atoms with Gasteiger partial charge in [0.15, 0.2) is 11.2 Å². The number of carboxylic acids is 1. The average molecular weight is 466 g/mol. The predicted molar refractivity (Wildman–Crippen MR) is 118 cm³/mol. The molecule has 1 fully saturated rings. The summed E-state index contributed by atoms with van der Waals surface area (Å²) in [5, 5.41) is 13.2. The highest BCUT2D eigenvalue weighted by Crippen LogP contribution is 2.28. The van der Waals surface area contributed by atoms with E-state index >= 15 is 0 Å². The van der Waals surface area contributed by atoms with E-state index < -0.39 is 17.2 Å². The molecule has 1 aliphatic carbocycles. The Morgan fingerprint density at radius 3 is 2.58 bits per heavy atom. The molecule has 2 unspecified atom stereocenters. The Labute approximate surface area is 186 Å². The van der Waals surface area contributed by atoms with Gasteiger partial charge in [0.1, 0.15) is 0 Å². The fourth-order valence-electron chi connectivity index (χ4n) is 4.05. The summed E-state index contributed by atoms with van der Waals surface area (Å²) in [6.45, 7) is 0.0369. The van der Waals surface area contributed by atoms with Crippen LogP contribution in [0.5, 0.6) is 0 Å². The lowest BCUT2D eigenvalue weighted by Crippen LogP contribution is -2.39. The minimum absolute atomic E-state index is 0.0369. The first kappa shape index (κ1) is 21.5. The lowest BCUT2D eigenvalue weighted by molar-refractivity contribution is -0.141. The molecule has 3 aromatic rings. The zero-order valence-corrected chi connectivity index (χ0v) is 18.4. The first-order valence-electron chi connectivity index (χ1n) is 9.77. The van der Waals surface area contributed by atoms with Crippen LogP contribution in [0.4, 0.5) is 5.95 Å². The van der Waals surface area contributed by atoms with E-state index in [0.29, 0.717) is 40.8 Å². The summed E-state index contributed by atoms with van der Waals surface area (Å²) < 4.78 is 4.06. The number of hydrogen-bond acceptors (Lipinski definition) is 5. The van der Waals surface area contributed by atoms with Crippen molar-refractivity contribution in [2.75, 3.05) is 5.32 Å². The monoisotopic (exact) mass is 465 g/mol. The van der Waals surface area contributed by atoms with E-state index in [0.717, 1.165) is 4.57 Å². The molecule has 2 heterocycles. The van der Waals surface area contributed by atoms with Gasteiger partial charge in [0.2, 0.25) is 5.95 Å². The van der Waals surface area contributed by atoms with Crippen molar-refractivity contribution in [2.24, 2.45) is 20.0 Å². The van der Waals surface area contributed by atoms with Gasteiger partial charge in [0.05, 0.1) is 22.5 Å². The van der Waals surface area contributed by atoms with Gasteiger partial charge in [-0.1, -0.05) is 29.3 Å². The van der Waals surface area contributed by atoms with Crippen molar-refractivity contribution < 1.29 is 9.90 Å². The number of rotatable bonds is 5. The fraction of sp³-hybridized carbons (Fsp3) is 0.400. The summed E-state index contributed by atoms with van der Waals surface area (Å²) in [5.41, 5.74) is 0.233. The Bertz CT molecular complexity index is 1310. The number of benzene rings is 1.